The topological polar surface area (TPSA) is 63.6 Å². The van der Waals surface area contributed by atoms with Gasteiger partial charge in [0.1, 0.15) is 5.75 Å². The molecule has 0 heterocycles. The summed E-state index contributed by atoms with van der Waals surface area (Å²) in [6, 6.07) is 4.27. The number of rotatable bonds is 4. The molecular formula is C8H5BrF4O4S. The Morgan fingerprint density at radius 1 is 1.11 bits per heavy atom. The van der Waals surface area contributed by atoms with Gasteiger partial charge in [-0.15, -0.1) is 0 Å². The van der Waals surface area contributed by atoms with Crippen LogP contribution in [0.25, 0.3) is 0 Å². The van der Waals surface area contributed by atoms with Crippen LogP contribution >= 0.6 is 15.9 Å². The second-order valence-electron chi connectivity index (χ2n) is 3.06. The lowest BCUT2D eigenvalue weighted by atomic mass is 10.3. The second kappa shape index (κ2) is 4.67. The van der Waals surface area contributed by atoms with Crippen molar-refractivity contribution in [1.82, 2.24) is 0 Å². The van der Waals surface area contributed by atoms with Gasteiger partial charge in [0.05, 0.1) is 0 Å². The second-order valence-corrected chi connectivity index (χ2v) is 5.44. The molecule has 0 atom stereocenters. The van der Waals surface area contributed by atoms with E-state index in [4.69, 9.17) is 4.55 Å². The molecule has 0 spiro atoms. The van der Waals surface area contributed by atoms with E-state index in [0.717, 1.165) is 12.1 Å². The Bertz CT molecular complexity index is 529. The minimum atomic E-state index is -6.31. The Kier molecular flexibility index (Phi) is 3.94. The fourth-order valence-electron chi connectivity index (χ4n) is 0.860. The zero-order valence-corrected chi connectivity index (χ0v) is 10.7. The van der Waals surface area contributed by atoms with Crippen molar-refractivity contribution in [2.75, 3.05) is 0 Å². The highest BCUT2D eigenvalue weighted by Gasteiger charge is 2.69. The van der Waals surface area contributed by atoms with Gasteiger partial charge >= 0.3 is 21.5 Å². The van der Waals surface area contributed by atoms with Crippen molar-refractivity contribution in [2.45, 2.75) is 11.4 Å². The van der Waals surface area contributed by atoms with Gasteiger partial charge in [-0.25, -0.2) is 0 Å². The molecule has 0 radical (unpaired) electrons. The van der Waals surface area contributed by atoms with E-state index >= 15 is 0 Å². The standard InChI is InChI=1S/C8H5BrF4O4S/c9-5-1-3-6(4-2-5)17-7(10,11)8(12,13)18(14,15)16/h1-4H,(H,14,15,16). The van der Waals surface area contributed by atoms with Gasteiger partial charge in [0.15, 0.2) is 0 Å². The van der Waals surface area contributed by atoms with Crippen LogP contribution in [0.3, 0.4) is 0 Å². The monoisotopic (exact) mass is 352 g/mol. The molecule has 0 bridgehead atoms. The summed E-state index contributed by atoms with van der Waals surface area (Å²) >= 11 is 2.97. The first-order valence-electron chi connectivity index (χ1n) is 4.14. The normalized spacial score (nSPS) is 13.4. The van der Waals surface area contributed by atoms with Gasteiger partial charge in [-0.1, -0.05) is 15.9 Å². The molecule has 0 saturated heterocycles. The van der Waals surface area contributed by atoms with Crippen LogP contribution in [0.5, 0.6) is 5.75 Å². The molecule has 0 saturated carbocycles. The fraction of sp³-hybridized carbons (Fsp3) is 0.250. The lowest BCUT2D eigenvalue weighted by Crippen LogP contribution is -2.50. The summed E-state index contributed by atoms with van der Waals surface area (Å²) in [4.78, 5) is 0. The van der Waals surface area contributed by atoms with Gasteiger partial charge in [-0.3, -0.25) is 4.55 Å². The van der Waals surface area contributed by atoms with Crippen molar-refractivity contribution < 1.29 is 35.3 Å². The summed E-state index contributed by atoms with van der Waals surface area (Å²) in [5.41, 5.74) is 0. The quantitative estimate of drug-likeness (QED) is 0.668. The zero-order valence-electron chi connectivity index (χ0n) is 8.28. The number of hydrogen-bond donors (Lipinski definition) is 1. The van der Waals surface area contributed by atoms with E-state index in [9.17, 15) is 26.0 Å². The predicted molar refractivity (Wildman–Crippen MR) is 56.2 cm³/mol. The van der Waals surface area contributed by atoms with Gasteiger partial charge < -0.3 is 4.74 Å². The Morgan fingerprint density at radius 2 is 1.56 bits per heavy atom. The Hall–Kier alpha value is -0.870. The average Bonchev–Trinajstić information content (AvgIpc) is 2.19. The third-order valence-corrected chi connectivity index (χ3v) is 3.14. The van der Waals surface area contributed by atoms with Crippen LogP contribution < -0.4 is 4.74 Å². The van der Waals surface area contributed by atoms with E-state index in [-0.39, 0.29) is 0 Å². The van der Waals surface area contributed by atoms with E-state index in [1.165, 1.54) is 12.1 Å². The molecule has 1 aromatic rings. The van der Waals surface area contributed by atoms with E-state index in [1.54, 1.807) is 0 Å². The van der Waals surface area contributed by atoms with Crippen LogP contribution in [0.1, 0.15) is 0 Å². The molecule has 10 heteroatoms. The molecule has 0 unspecified atom stereocenters. The molecule has 102 valence electrons. The highest BCUT2D eigenvalue weighted by Crippen LogP contribution is 2.39. The van der Waals surface area contributed by atoms with E-state index in [0.29, 0.717) is 4.47 Å². The molecule has 18 heavy (non-hydrogen) atoms. The molecule has 0 aliphatic heterocycles. The molecule has 0 aliphatic rings. The third kappa shape index (κ3) is 2.93. The third-order valence-electron chi connectivity index (χ3n) is 1.72. The van der Waals surface area contributed by atoms with E-state index in [2.05, 4.69) is 20.7 Å². The molecule has 0 fully saturated rings. The SMILES string of the molecule is O=S(=O)(O)C(F)(F)C(F)(F)Oc1ccc(Br)cc1. The summed E-state index contributed by atoms with van der Waals surface area (Å²) in [5.74, 6) is -0.688. The number of alkyl halides is 4. The fourth-order valence-corrected chi connectivity index (χ4v) is 1.47. The van der Waals surface area contributed by atoms with Crippen LogP contribution in [0.15, 0.2) is 28.7 Å². The first kappa shape index (κ1) is 15.2. The van der Waals surface area contributed by atoms with Gasteiger partial charge in [0.2, 0.25) is 0 Å². The molecular weight excluding hydrogens is 348 g/mol. The summed E-state index contributed by atoms with van der Waals surface area (Å²) < 4.78 is 83.9. The lowest BCUT2D eigenvalue weighted by Gasteiger charge is -2.23. The highest BCUT2D eigenvalue weighted by molar-refractivity contribution is 9.10. The maximum Gasteiger partial charge on any atom is 0.483 e. The maximum absolute atomic E-state index is 13.0. The van der Waals surface area contributed by atoms with Crippen LogP contribution in [-0.2, 0) is 10.1 Å². The van der Waals surface area contributed by atoms with Crippen molar-refractivity contribution in [2.24, 2.45) is 0 Å². The maximum atomic E-state index is 13.0. The summed E-state index contributed by atoms with van der Waals surface area (Å²) in [5, 5.41) is -5.76. The number of halogens is 5. The van der Waals surface area contributed by atoms with Crippen LogP contribution in [0.2, 0.25) is 0 Å². The van der Waals surface area contributed by atoms with Crippen molar-refractivity contribution in [3.63, 3.8) is 0 Å². The van der Waals surface area contributed by atoms with E-state index < -0.39 is 27.2 Å². The van der Waals surface area contributed by atoms with Crippen molar-refractivity contribution in [3.05, 3.63) is 28.7 Å². The largest absolute Gasteiger partial charge is 0.483 e. The highest BCUT2D eigenvalue weighted by atomic mass is 79.9. The molecule has 1 aromatic carbocycles. The smallest absolute Gasteiger partial charge is 0.427 e. The minimum absolute atomic E-state index is 0.472. The first-order chi connectivity index (χ1) is 7.97. The minimum Gasteiger partial charge on any atom is -0.427 e. The van der Waals surface area contributed by atoms with Crippen LogP contribution in [0, 0.1) is 0 Å². The van der Waals surface area contributed by atoms with Gasteiger partial charge in [0.25, 0.3) is 0 Å². The van der Waals surface area contributed by atoms with Crippen molar-refractivity contribution in [3.8, 4) is 5.75 Å². The molecule has 4 nitrogen and oxygen atoms in total. The molecule has 0 amide bonds. The zero-order chi connectivity index (χ0) is 14.2. The lowest BCUT2D eigenvalue weighted by molar-refractivity contribution is -0.274. The summed E-state index contributed by atoms with van der Waals surface area (Å²) in [6.45, 7) is 0. The van der Waals surface area contributed by atoms with Gasteiger partial charge in [0, 0.05) is 4.47 Å². The number of hydrogen-bond acceptors (Lipinski definition) is 3. The summed E-state index contributed by atoms with van der Waals surface area (Å²) in [6.07, 6.45) is -5.41. The first-order valence-corrected chi connectivity index (χ1v) is 6.38. The Labute approximate surface area is 107 Å². The number of benzene rings is 1. The Balaban J connectivity index is 3.05. The van der Waals surface area contributed by atoms with Crippen LogP contribution in [-0.4, -0.2) is 24.3 Å². The summed E-state index contributed by atoms with van der Waals surface area (Å²) in [7, 11) is -6.31. The molecule has 1 rings (SSSR count). The van der Waals surface area contributed by atoms with Crippen molar-refractivity contribution >= 4 is 26.0 Å². The van der Waals surface area contributed by atoms with E-state index in [1.807, 2.05) is 0 Å². The predicted octanol–water partition coefficient (Wildman–Crippen LogP) is 2.90. The Morgan fingerprint density at radius 3 is 1.94 bits per heavy atom. The molecule has 1 N–H and O–H groups in total. The average molecular weight is 353 g/mol. The molecule has 0 aliphatic carbocycles. The number of ether oxygens (including phenoxy) is 1. The van der Waals surface area contributed by atoms with Crippen LogP contribution in [0.4, 0.5) is 17.6 Å². The molecule has 0 aromatic heterocycles. The van der Waals surface area contributed by atoms with Gasteiger partial charge in [-0.05, 0) is 24.3 Å². The van der Waals surface area contributed by atoms with Gasteiger partial charge in [-0.2, -0.15) is 26.0 Å². The van der Waals surface area contributed by atoms with Crippen molar-refractivity contribution in [1.29, 1.82) is 0 Å².